The summed E-state index contributed by atoms with van der Waals surface area (Å²) in [7, 11) is 0. The van der Waals surface area contributed by atoms with Crippen LogP contribution in [0.3, 0.4) is 0 Å². The molecule has 3 heterocycles. The highest BCUT2D eigenvalue weighted by atomic mass is 16.5. The molecule has 0 aromatic heterocycles. The number of rotatable bonds is 4. The maximum atomic E-state index is 12.8. The zero-order valence-corrected chi connectivity index (χ0v) is 17.6. The van der Waals surface area contributed by atoms with Crippen LogP contribution in [0.1, 0.15) is 54.9 Å². The normalized spacial score (nSPS) is 27.1. The molecule has 0 saturated carbocycles. The van der Waals surface area contributed by atoms with Crippen LogP contribution >= 0.6 is 0 Å². The predicted molar refractivity (Wildman–Crippen MR) is 112 cm³/mol. The van der Waals surface area contributed by atoms with Gasteiger partial charge in [-0.1, -0.05) is 6.07 Å². The van der Waals surface area contributed by atoms with Crippen molar-refractivity contribution in [1.29, 1.82) is 0 Å². The maximum Gasteiger partial charge on any atom is 0.255 e. The number of anilines is 1. The van der Waals surface area contributed by atoms with Crippen molar-refractivity contribution in [3.05, 3.63) is 29.3 Å². The molecule has 162 valence electrons. The Hall–Kier alpha value is -2.61. The molecular formula is C22H30N4O4. The Labute approximate surface area is 176 Å². The first-order chi connectivity index (χ1) is 14.4. The molecule has 4 rings (SSSR count). The number of ether oxygens (including phenoxy) is 1. The van der Waals surface area contributed by atoms with E-state index in [1.807, 2.05) is 25.1 Å². The number of carbonyl (C=O) groups excluding carboxylic acids is 3. The van der Waals surface area contributed by atoms with E-state index < -0.39 is 11.7 Å². The first-order valence-corrected chi connectivity index (χ1v) is 10.8. The van der Waals surface area contributed by atoms with Gasteiger partial charge in [-0.05, 0) is 50.8 Å². The van der Waals surface area contributed by atoms with Crippen molar-refractivity contribution < 1.29 is 19.1 Å². The number of nitrogens with zero attached hydrogens (tertiary/aromatic N) is 1. The summed E-state index contributed by atoms with van der Waals surface area (Å²) in [6.07, 6.45) is 3.30. The standard InChI is InChI=1S/C22H30N4O4/c1-14-5-6-17-18(12-14)24-22(25-21(17)29)8-7-19(27)26(10-9-22)15(2)20(28)23-13-16-4-3-11-30-16/h5-6,12,15-16,24H,3-4,7-11,13H2,1-2H3,(H,23,28)(H,25,29)/t15-,16+,22+/m0/s1. The molecule has 3 aliphatic rings. The lowest BCUT2D eigenvalue weighted by Gasteiger charge is -2.40. The second-order valence-electron chi connectivity index (χ2n) is 8.60. The number of benzene rings is 1. The van der Waals surface area contributed by atoms with Crippen molar-refractivity contribution in [3.8, 4) is 0 Å². The lowest BCUT2D eigenvalue weighted by Crippen LogP contribution is -2.58. The van der Waals surface area contributed by atoms with Crippen molar-refractivity contribution in [2.24, 2.45) is 0 Å². The molecule has 3 N–H and O–H groups in total. The number of hydrogen-bond donors (Lipinski definition) is 3. The van der Waals surface area contributed by atoms with E-state index in [9.17, 15) is 14.4 Å². The fourth-order valence-corrected chi connectivity index (χ4v) is 4.53. The van der Waals surface area contributed by atoms with E-state index in [0.717, 1.165) is 30.7 Å². The van der Waals surface area contributed by atoms with Gasteiger partial charge in [0.2, 0.25) is 11.8 Å². The second kappa shape index (κ2) is 8.26. The Bertz CT molecular complexity index is 852. The molecule has 8 nitrogen and oxygen atoms in total. The van der Waals surface area contributed by atoms with Gasteiger partial charge in [0.1, 0.15) is 11.7 Å². The highest BCUT2D eigenvalue weighted by molar-refractivity contribution is 6.02. The van der Waals surface area contributed by atoms with E-state index >= 15 is 0 Å². The fraction of sp³-hybridized carbons (Fsp3) is 0.591. The Morgan fingerprint density at radius 3 is 2.93 bits per heavy atom. The average Bonchev–Trinajstić information content (AvgIpc) is 3.18. The van der Waals surface area contributed by atoms with Crippen molar-refractivity contribution in [2.45, 2.75) is 63.8 Å². The summed E-state index contributed by atoms with van der Waals surface area (Å²) in [4.78, 5) is 39.7. The van der Waals surface area contributed by atoms with Crippen LogP contribution in [0.5, 0.6) is 0 Å². The number of fused-ring (bicyclic) bond motifs is 1. The number of nitrogens with one attached hydrogen (secondary N) is 3. The first kappa shape index (κ1) is 20.7. The zero-order valence-electron chi connectivity index (χ0n) is 17.6. The third-order valence-electron chi connectivity index (χ3n) is 6.39. The summed E-state index contributed by atoms with van der Waals surface area (Å²) < 4.78 is 5.55. The van der Waals surface area contributed by atoms with Crippen LogP contribution in [-0.4, -0.2) is 60.1 Å². The third kappa shape index (κ3) is 4.14. The molecule has 0 bridgehead atoms. The third-order valence-corrected chi connectivity index (χ3v) is 6.39. The molecule has 0 unspecified atom stereocenters. The highest BCUT2D eigenvalue weighted by Crippen LogP contribution is 2.32. The molecular weight excluding hydrogens is 384 g/mol. The van der Waals surface area contributed by atoms with Crippen molar-refractivity contribution >= 4 is 23.4 Å². The molecule has 1 aromatic rings. The minimum atomic E-state index is -0.684. The minimum Gasteiger partial charge on any atom is -0.376 e. The minimum absolute atomic E-state index is 0.0643. The summed E-state index contributed by atoms with van der Waals surface area (Å²) in [6.45, 7) is 5.34. The van der Waals surface area contributed by atoms with E-state index in [4.69, 9.17) is 4.74 Å². The number of amides is 3. The molecule has 3 atom stereocenters. The van der Waals surface area contributed by atoms with Gasteiger partial charge < -0.3 is 25.6 Å². The van der Waals surface area contributed by atoms with Crippen molar-refractivity contribution in [2.75, 3.05) is 25.0 Å². The molecule has 2 saturated heterocycles. The van der Waals surface area contributed by atoms with Crippen LogP contribution in [0.15, 0.2) is 18.2 Å². The predicted octanol–water partition coefficient (Wildman–Crippen LogP) is 1.54. The van der Waals surface area contributed by atoms with Gasteiger partial charge in [-0.2, -0.15) is 0 Å². The topological polar surface area (TPSA) is 99.8 Å². The SMILES string of the molecule is Cc1ccc2c(c1)N[C@]1(CCC(=O)N([C@@H](C)C(=O)NC[C@H]3CCCO3)CC1)NC2=O. The largest absolute Gasteiger partial charge is 0.376 e. The van der Waals surface area contributed by atoms with Gasteiger partial charge in [-0.15, -0.1) is 0 Å². The lowest BCUT2D eigenvalue weighted by molar-refractivity contribution is -0.139. The van der Waals surface area contributed by atoms with Crippen molar-refractivity contribution in [1.82, 2.24) is 15.5 Å². The lowest BCUT2D eigenvalue weighted by atomic mass is 9.94. The van der Waals surface area contributed by atoms with Crippen LogP contribution in [-0.2, 0) is 14.3 Å². The Balaban J connectivity index is 1.42. The van der Waals surface area contributed by atoms with E-state index in [0.29, 0.717) is 31.5 Å². The monoisotopic (exact) mass is 414 g/mol. The smallest absolute Gasteiger partial charge is 0.255 e. The van der Waals surface area contributed by atoms with Gasteiger partial charge in [0.15, 0.2) is 0 Å². The van der Waals surface area contributed by atoms with Gasteiger partial charge in [0.05, 0.1) is 11.7 Å². The first-order valence-electron chi connectivity index (χ1n) is 10.8. The van der Waals surface area contributed by atoms with E-state index in [1.54, 1.807) is 11.8 Å². The summed E-state index contributed by atoms with van der Waals surface area (Å²) in [5.41, 5.74) is 1.78. The van der Waals surface area contributed by atoms with Crippen LogP contribution < -0.4 is 16.0 Å². The number of likely N-dealkylation sites (tertiary alicyclic amines) is 1. The van der Waals surface area contributed by atoms with Gasteiger partial charge in [0, 0.05) is 38.2 Å². The van der Waals surface area contributed by atoms with Gasteiger partial charge in [-0.3, -0.25) is 14.4 Å². The van der Waals surface area contributed by atoms with E-state index in [1.165, 1.54) is 0 Å². The van der Waals surface area contributed by atoms with Crippen LogP contribution in [0.25, 0.3) is 0 Å². The molecule has 30 heavy (non-hydrogen) atoms. The summed E-state index contributed by atoms with van der Waals surface area (Å²) in [6, 6.07) is 5.12. The molecule has 1 aromatic carbocycles. The molecule has 1 spiro atoms. The maximum absolute atomic E-state index is 12.8. The molecule has 3 amide bonds. The molecule has 0 aliphatic carbocycles. The number of aryl methyl sites for hydroxylation is 1. The summed E-state index contributed by atoms with van der Waals surface area (Å²) >= 11 is 0. The average molecular weight is 415 g/mol. The second-order valence-corrected chi connectivity index (χ2v) is 8.60. The van der Waals surface area contributed by atoms with Crippen LogP contribution in [0, 0.1) is 6.92 Å². The Kier molecular flexibility index (Phi) is 5.69. The Morgan fingerprint density at radius 1 is 1.33 bits per heavy atom. The number of carbonyl (C=O) groups is 3. The summed E-state index contributed by atoms with van der Waals surface area (Å²) in [5, 5.41) is 9.46. The van der Waals surface area contributed by atoms with Gasteiger partial charge in [0.25, 0.3) is 5.91 Å². The van der Waals surface area contributed by atoms with Crippen LogP contribution in [0.2, 0.25) is 0 Å². The van der Waals surface area contributed by atoms with Crippen LogP contribution in [0.4, 0.5) is 5.69 Å². The summed E-state index contributed by atoms with van der Waals surface area (Å²) in [5.74, 6) is -0.374. The fourth-order valence-electron chi connectivity index (χ4n) is 4.53. The zero-order chi connectivity index (χ0) is 21.3. The Morgan fingerprint density at radius 2 is 2.17 bits per heavy atom. The van der Waals surface area contributed by atoms with E-state index in [2.05, 4.69) is 16.0 Å². The highest BCUT2D eigenvalue weighted by Gasteiger charge is 2.41. The molecule has 8 heteroatoms. The molecule has 3 aliphatic heterocycles. The van der Waals surface area contributed by atoms with Gasteiger partial charge in [-0.25, -0.2) is 0 Å². The quantitative estimate of drug-likeness (QED) is 0.694. The molecule has 0 radical (unpaired) electrons. The van der Waals surface area contributed by atoms with E-state index in [-0.39, 0.29) is 30.2 Å². The van der Waals surface area contributed by atoms with Crippen molar-refractivity contribution in [3.63, 3.8) is 0 Å². The van der Waals surface area contributed by atoms with Gasteiger partial charge >= 0.3 is 0 Å². The number of hydrogen-bond acceptors (Lipinski definition) is 5. The molecule has 2 fully saturated rings.